The molecule has 0 aliphatic rings. The van der Waals surface area contributed by atoms with Crippen molar-refractivity contribution in [2.75, 3.05) is 20.1 Å². The van der Waals surface area contributed by atoms with Crippen LogP contribution >= 0.6 is 11.3 Å². The first kappa shape index (κ1) is 12.2. The van der Waals surface area contributed by atoms with Crippen molar-refractivity contribution in [2.24, 2.45) is 11.7 Å². The highest BCUT2D eigenvalue weighted by Crippen LogP contribution is 2.17. The zero-order chi connectivity index (χ0) is 11.4. The summed E-state index contributed by atoms with van der Waals surface area (Å²) in [5, 5.41) is 1.95. The minimum Gasteiger partial charge on any atom is -0.341 e. The lowest BCUT2D eigenvalue weighted by molar-refractivity contribution is 0.0781. The second-order valence-electron chi connectivity index (χ2n) is 3.96. The average molecular weight is 226 g/mol. The number of carbonyl (C=O) groups is 1. The van der Waals surface area contributed by atoms with Gasteiger partial charge in [0.2, 0.25) is 0 Å². The molecule has 84 valence electrons. The quantitative estimate of drug-likeness (QED) is 0.849. The van der Waals surface area contributed by atoms with Crippen LogP contribution in [0, 0.1) is 12.8 Å². The van der Waals surface area contributed by atoms with Crippen molar-refractivity contribution in [3.8, 4) is 0 Å². The Kier molecular flexibility index (Phi) is 4.29. The van der Waals surface area contributed by atoms with Crippen LogP contribution in [0.25, 0.3) is 0 Å². The summed E-state index contributed by atoms with van der Waals surface area (Å²) < 4.78 is 0. The van der Waals surface area contributed by atoms with Crippen LogP contribution in [0.3, 0.4) is 0 Å². The third kappa shape index (κ3) is 3.04. The zero-order valence-electron chi connectivity index (χ0n) is 9.49. The molecule has 0 aromatic carbocycles. The Balaban J connectivity index is 2.65. The van der Waals surface area contributed by atoms with Gasteiger partial charge in [-0.3, -0.25) is 4.79 Å². The second-order valence-corrected chi connectivity index (χ2v) is 4.88. The van der Waals surface area contributed by atoms with Crippen LogP contribution in [-0.4, -0.2) is 30.9 Å². The highest BCUT2D eigenvalue weighted by Gasteiger charge is 2.16. The summed E-state index contributed by atoms with van der Waals surface area (Å²) in [6, 6.07) is 1.97. The maximum absolute atomic E-state index is 12.0. The summed E-state index contributed by atoms with van der Waals surface area (Å²) in [7, 11) is 1.83. The molecule has 0 aliphatic carbocycles. The molecule has 3 nitrogen and oxygen atoms in total. The molecule has 4 heteroatoms. The molecule has 1 aromatic heterocycles. The van der Waals surface area contributed by atoms with Crippen LogP contribution < -0.4 is 5.73 Å². The average Bonchev–Trinajstić information content (AvgIpc) is 2.63. The van der Waals surface area contributed by atoms with Crippen LogP contribution in [0.2, 0.25) is 0 Å². The maximum atomic E-state index is 12.0. The molecule has 1 heterocycles. The fourth-order valence-corrected chi connectivity index (χ4v) is 2.31. The van der Waals surface area contributed by atoms with Gasteiger partial charge in [0.1, 0.15) is 0 Å². The number of rotatable bonds is 4. The van der Waals surface area contributed by atoms with E-state index in [-0.39, 0.29) is 5.91 Å². The van der Waals surface area contributed by atoms with Gasteiger partial charge in [-0.1, -0.05) is 6.92 Å². The minimum atomic E-state index is 0.0998. The molecule has 0 aliphatic heterocycles. The predicted molar refractivity (Wildman–Crippen MR) is 64.2 cm³/mol. The van der Waals surface area contributed by atoms with Gasteiger partial charge in [0.25, 0.3) is 5.91 Å². The van der Waals surface area contributed by atoms with Gasteiger partial charge in [-0.25, -0.2) is 0 Å². The second kappa shape index (κ2) is 5.28. The SMILES string of the molecule is Cc1ccsc1C(=O)N(C)CC(C)CN. The minimum absolute atomic E-state index is 0.0998. The molecule has 0 radical (unpaired) electrons. The third-order valence-electron chi connectivity index (χ3n) is 2.39. The van der Waals surface area contributed by atoms with Gasteiger partial charge in [0.05, 0.1) is 4.88 Å². The summed E-state index contributed by atoms with van der Waals surface area (Å²) in [6.45, 7) is 5.34. The number of hydrogen-bond donors (Lipinski definition) is 1. The summed E-state index contributed by atoms with van der Waals surface area (Å²) in [4.78, 5) is 14.6. The van der Waals surface area contributed by atoms with Gasteiger partial charge in [-0.05, 0) is 36.4 Å². The molecule has 15 heavy (non-hydrogen) atoms. The Morgan fingerprint density at radius 1 is 1.67 bits per heavy atom. The number of carbonyl (C=O) groups excluding carboxylic acids is 1. The molecule has 0 saturated carbocycles. The van der Waals surface area contributed by atoms with Crippen molar-refractivity contribution < 1.29 is 4.79 Å². The lowest BCUT2D eigenvalue weighted by Crippen LogP contribution is -2.33. The Morgan fingerprint density at radius 3 is 2.80 bits per heavy atom. The standard InChI is InChI=1S/C11H18N2OS/c1-8(6-12)7-13(3)11(14)10-9(2)4-5-15-10/h4-5,8H,6-7,12H2,1-3H3. The van der Waals surface area contributed by atoms with E-state index in [9.17, 15) is 4.79 Å². The van der Waals surface area contributed by atoms with Gasteiger partial charge < -0.3 is 10.6 Å². The molecule has 0 spiro atoms. The molecule has 1 amide bonds. The van der Waals surface area contributed by atoms with Crippen molar-refractivity contribution in [3.63, 3.8) is 0 Å². The molecule has 0 bridgehead atoms. The van der Waals surface area contributed by atoms with E-state index in [4.69, 9.17) is 5.73 Å². The highest BCUT2D eigenvalue weighted by atomic mass is 32.1. The van der Waals surface area contributed by atoms with Gasteiger partial charge in [-0.2, -0.15) is 0 Å². The molecule has 0 fully saturated rings. The van der Waals surface area contributed by atoms with E-state index >= 15 is 0 Å². The topological polar surface area (TPSA) is 46.3 Å². The number of hydrogen-bond acceptors (Lipinski definition) is 3. The largest absolute Gasteiger partial charge is 0.341 e. The number of thiophene rings is 1. The van der Waals surface area contributed by atoms with E-state index in [1.807, 2.05) is 32.3 Å². The Labute approximate surface area is 94.9 Å². The first-order chi connectivity index (χ1) is 7.06. The lowest BCUT2D eigenvalue weighted by Gasteiger charge is -2.20. The summed E-state index contributed by atoms with van der Waals surface area (Å²) >= 11 is 1.50. The molecular weight excluding hydrogens is 208 g/mol. The van der Waals surface area contributed by atoms with Crippen LogP contribution in [0.15, 0.2) is 11.4 Å². The van der Waals surface area contributed by atoms with Crippen molar-refractivity contribution in [2.45, 2.75) is 13.8 Å². The lowest BCUT2D eigenvalue weighted by atomic mass is 10.1. The Morgan fingerprint density at radius 2 is 2.33 bits per heavy atom. The normalized spacial score (nSPS) is 12.5. The molecular formula is C11H18N2OS. The summed E-state index contributed by atoms with van der Waals surface area (Å²) in [6.07, 6.45) is 0. The van der Waals surface area contributed by atoms with E-state index in [1.165, 1.54) is 11.3 Å². The van der Waals surface area contributed by atoms with Crippen molar-refractivity contribution in [1.29, 1.82) is 0 Å². The highest BCUT2D eigenvalue weighted by molar-refractivity contribution is 7.12. The van der Waals surface area contributed by atoms with Crippen molar-refractivity contribution in [3.05, 3.63) is 21.9 Å². The van der Waals surface area contributed by atoms with Crippen molar-refractivity contribution in [1.82, 2.24) is 4.90 Å². The van der Waals surface area contributed by atoms with E-state index in [1.54, 1.807) is 4.90 Å². The number of aryl methyl sites for hydroxylation is 1. The Bertz CT molecular complexity index is 335. The van der Waals surface area contributed by atoms with Crippen molar-refractivity contribution >= 4 is 17.2 Å². The smallest absolute Gasteiger partial charge is 0.263 e. The molecule has 1 atom stereocenters. The fraction of sp³-hybridized carbons (Fsp3) is 0.545. The molecule has 2 N–H and O–H groups in total. The van der Waals surface area contributed by atoms with E-state index in [0.717, 1.165) is 10.4 Å². The molecule has 1 unspecified atom stereocenters. The zero-order valence-corrected chi connectivity index (χ0v) is 10.3. The van der Waals surface area contributed by atoms with Gasteiger partial charge in [0.15, 0.2) is 0 Å². The number of amides is 1. The van der Waals surface area contributed by atoms with Crippen LogP contribution in [0.4, 0.5) is 0 Å². The monoisotopic (exact) mass is 226 g/mol. The van der Waals surface area contributed by atoms with E-state index in [0.29, 0.717) is 19.0 Å². The summed E-state index contributed by atoms with van der Waals surface area (Å²) in [5.74, 6) is 0.446. The number of nitrogens with two attached hydrogens (primary N) is 1. The maximum Gasteiger partial charge on any atom is 0.263 e. The summed E-state index contributed by atoms with van der Waals surface area (Å²) in [5.41, 5.74) is 6.59. The van der Waals surface area contributed by atoms with Gasteiger partial charge in [0, 0.05) is 13.6 Å². The van der Waals surface area contributed by atoms with E-state index < -0.39 is 0 Å². The van der Waals surface area contributed by atoms with Gasteiger partial charge in [-0.15, -0.1) is 11.3 Å². The fourth-order valence-electron chi connectivity index (χ4n) is 1.39. The Hall–Kier alpha value is -0.870. The predicted octanol–water partition coefficient (Wildman–Crippen LogP) is 1.72. The van der Waals surface area contributed by atoms with Crippen LogP contribution in [-0.2, 0) is 0 Å². The molecule has 1 aromatic rings. The van der Waals surface area contributed by atoms with Crippen LogP contribution in [0.1, 0.15) is 22.2 Å². The van der Waals surface area contributed by atoms with Crippen LogP contribution in [0.5, 0.6) is 0 Å². The molecule has 1 rings (SSSR count). The molecule has 0 saturated heterocycles. The number of nitrogens with zero attached hydrogens (tertiary/aromatic N) is 1. The van der Waals surface area contributed by atoms with E-state index in [2.05, 4.69) is 0 Å². The third-order valence-corrected chi connectivity index (χ3v) is 3.40. The first-order valence-electron chi connectivity index (χ1n) is 5.06. The van der Waals surface area contributed by atoms with Gasteiger partial charge >= 0.3 is 0 Å². The first-order valence-corrected chi connectivity index (χ1v) is 5.93.